The zero-order chi connectivity index (χ0) is 13.4. The Kier molecular flexibility index (Phi) is 7.65. The zero-order valence-corrected chi connectivity index (χ0v) is 13.6. The molecule has 0 fully saturated rings. The van der Waals surface area contributed by atoms with Crippen LogP contribution in [0.15, 0.2) is 24.3 Å². The Hall–Kier alpha value is -0.300. The first kappa shape index (κ1) is 15.8. The van der Waals surface area contributed by atoms with E-state index < -0.39 is 0 Å². The van der Waals surface area contributed by atoms with Gasteiger partial charge in [0.1, 0.15) is 8.64 Å². The normalized spacial score (nSPS) is 9.89. The molecule has 98 valence electrons. The van der Waals surface area contributed by atoms with Crippen molar-refractivity contribution in [3.05, 3.63) is 35.4 Å². The minimum absolute atomic E-state index is 0.828. The largest absolute Gasteiger partial charge is 0.374 e. The maximum atomic E-state index is 5.09. The first-order chi connectivity index (χ1) is 8.65. The van der Waals surface area contributed by atoms with Crippen molar-refractivity contribution in [1.29, 1.82) is 0 Å². The number of hydrogen-bond acceptors (Lipinski definition) is 4. The Morgan fingerprint density at radius 2 is 1.22 bits per heavy atom. The third-order valence-electron chi connectivity index (χ3n) is 2.17. The van der Waals surface area contributed by atoms with Crippen molar-refractivity contribution in [1.82, 2.24) is 10.6 Å². The molecule has 0 bridgehead atoms. The number of rotatable bonds is 4. The van der Waals surface area contributed by atoms with Gasteiger partial charge in [0.25, 0.3) is 0 Å². The number of benzene rings is 1. The van der Waals surface area contributed by atoms with Crippen LogP contribution in [0.1, 0.15) is 11.1 Å². The first-order valence-corrected chi connectivity index (χ1v) is 8.21. The van der Waals surface area contributed by atoms with E-state index in [1.165, 1.54) is 11.1 Å². The molecular weight excluding hydrogens is 300 g/mol. The Morgan fingerprint density at radius 1 is 0.889 bits per heavy atom. The van der Waals surface area contributed by atoms with Gasteiger partial charge in [-0.25, -0.2) is 0 Å². The fraction of sp³-hybridized carbons (Fsp3) is 0.333. The van der Waals surface area contributed by atoms with Gasteiger partial charge in [0.15, 0.2) is 0 Å². The zero-order valence-electron chi connectivity index (χ0n) is 10.4. The predicted molar refractivity (Wildman–Crippen MR) is 92.3 cm³/mol. The van der Waals surface area contributed by atoms with E-state index in [-0.39, 0.29) is 0 Å². The van der Waals surface area contributed by atoms with Crippen LogP contribution in [0.3, 0.4) is 0 Å². The van der Waals surface area contributed by atoms with Gasteiger partial charge in [-0.1, -0.05) is 72.2 Å². The molecule has 0 aliphatic rings. The van der Waals surface area contributed by atoms with E-state index in [2.05, 4.69) is 34.9 Å². The summed E-state index contributed by atoms with van der Waals surface area (Å²) < 4.78 is 1.66. The lowest BCUT2D eigenvalue weighted by atomic mass is 10.2. The van der Waals surface area contributed by atoms with Gasteiger partial charge in [-0.15, -0.1) is 0 Å². The van der Waals surface area contributed by atoms with Gasteiger partial charge in [-0.05, 0) is 11.1 Å². The van der Waals surface area contributed by atoms with Crippen LogP contribution >= 0.6 is 48.0 Å². The Labute approximate surface area is 128 Å². The maximum absolute atomic E-state index is 5.09. The minimum Gasteiger partial charge on any atom is -0.374 e. The molecule has 0 saturated carbocycles. The third kappa shape index (κ3) is 6.04. The van der Waals surface area contributed by atoms with Crippen LogP contribution in [-0.4, -0.2) is 22.7 Å². The number of hydrogen-bond donors (Lipinski definition) is 2. The molecule has 2 nitrogen and oxygen atoms in total. The quantitative estimate of drug-likeness (QED) is 0.828. The van der Waals surface area contributed by atoms with Crippen molar-refractivity contribution in [3.8, 4) is 0 Å². The van der Waals surface area contributed by atoms with Gasteiger partial charge in [-0.3, -0.25) is 0 Å². The van der Waals surface area contributed by atoms with E-state index >= 15 is 0 Å². The highest BCUT2D eigenvalue weighted by molar-refractivity contribution is 8.22. The number of nitrogens with one attached hydrogen (secondary N) is 2. The Bertz CT molecular complexity index is 364. The minimum atomic E-state index is 0.828. The lowest BCUT2D eigenvalue weighted by molar-refractivity contribution is 1.23. The lowest BCUT2D eigenvalue weighted by Crippen LogP contribution is -2.11. The van der Waals surface area contributed by atoms with Crippen LogP contribution in [0.5, 0.6) is 0 Å². The van der Waals surface area contributed by atoms with Crippen molar-refractivity contribution < 1.29 is 0 Å². The summed E-state index contributed by atoms with van der Waals surface area (Å²) >= 11 is 13.5. The van der Waals surface area contributed by atoms with Gasteiger partial charge in [0, 0.05) is 25.6 Å². The van der Waals surface area contributed by atoms with Crippen LogP contribution in [0.4, 0.5) is 0 Å². The van der Waals surface area contributed by atoms with E-state index in [1.54, 1.807) is 23.5 Å². The number of thioether (sulfide) groups is 2. The fourth-order valence-electron chi connectivity index (χ4n) is 1.17. The van der Waals surface area contributed by atoms with Gasteiger partial charge in [-0.2, -0.15) is 0 Å². The van der Waals surface area contributed by atoms with Crippen molar-refractivity contribution in [2.45, 2.75) is 11.5 Å². The summed E-state index contributed by atoms with van der Waals surface area (Å²) in [4.78, 5) is 0. The molecule has 6 heteroatoms. The summed E-state index contributed by atoms with van der Waals surface area (Å²) in [6.07, 6.45) is 0. The monoisotopic (exact) mass is 316 g/mol. The Morgan fingerprint density at radius 3 is 1.50 bits per heavy atom. The first-order valence-electron chi connectivity index (χ1n) is 5.42. The van der Waals surface area contributed by atoms with Crippen LogP contribution in [0.25, 0.3) is 0 Å². The SMILES string of the molecule is CNC(=S)SCc1ccc(CSC(=S)NC)cc1. The molecule has 2 N–H and O–H groups in total. The molecule has 1 rings (SSSR count). The summed E-state index contributed by atoms with van der Waals surface area (Å²) in [7, 11) is 3.70. The molecule has 0 spiro atoms. The van der Waals surface area contributed by atoms with E-state index in [9.17, 15) is 0 Å². The molecule has 18 heavy (non-hydrogen) atoms. The topological polar surface area (TPSA) is 24.1 Å². The molecule has 0 aromatic heterocycles. The maximum Gasteiger partial charge on any atom is 0.133 e. The van der Waals surface area contributed by atoms with E-state index in [0.29, 0.717) is 0 Å². The molecule has 0 radical (unpaired) electrons. The average molecular weight is 317 g/mol. The second-order valence-corrected chi connectivity index (χ2v) is 6.77. The highest BCUT2D eigenvalue weighted by atomic mass is 32.2. The number of thiocarbonyl (C=S) groups is 2. The molecule has 0 unspecified atom stereocenters. The molecule has 0 aliphatic carbocycles. The van der Waals surface area contributed by atoms with Crippen LogP contribution in [0, 0.1) is 0 Å². The standard InChI is InChI=1S/C12H16N2S4/c1-13-11(15)17-7-9-3-5-10(6-4-9)8-18-12(16)14-2/h3-6H,7-8H2,1-2H3,(H,13,15)(H,14,16). The van der Waals surface area contributed by atoms with Crippen LogP contribution < -0.4 is 10.6 Å². The van der Waals surface area contributed by atoms with Crippen molar-refractivity contribution >= 4 is 56.6 Å². The summed E-state index contributed by atoms with van der Waals surface area (Å²) in [5.74, 6) is 1.81. The highest BCUT2D eigenvalue weighted by Crippen LogP contribution is 2.17. The summed E-state index contributed by atoms with van der Waals surface area (Å²) in [6, 6.07) is 8.57. The van der Waals surface area contributed by atoms with Gasteiger partial charge < -0.3 is 10.6 Å². The third-order valence-corrected chi connectivity index (χ3v) is 5.17. The van der Waals surface area contributed by atoms with Crippen LogP contribution in [0.2, 0.25) is 0 Å². The summed E-state index contributed by atoms with van der Waals surface area (Å²) in [5.41, 5.74) is 2.56. The van der Waals surface area contributed by atoms with Crippen LogP contribution in [-0.2, 0) is 11.5 Å². The fourth-order valence-corrected chi connectivity index (χ4v) is 2.80. The second-order valence-electron chi connectivity index (χ2n) is 3.47. The highest BCUT2D eigenvalue weighted by Gasteiger charge is 1.99. The average Bonchev–Trinajstić information content (AvgIpc) is 2.43. The molecular formula is C12H16N2S4. The van der Waals surface area contributed by atoms with Crippen molar-refractivity contribution in [2.24, 2.45) is 0 Å². The molecule has 0 saturated heterocycles. The van der Waals surface area contributed by atoms with E-state index in [0.717, 1.165) is 20.1 Å². The van der Waals surface area contributed by atoms with E-state index in [1.807, 2.05) is 14.1 Å². The molecule has 0 aliphatic heterocycles. The molecule has 1 aromatic carbocycles. The van der Waals surface area contributed by atoms with Gasteiger partial charge >= 0.3 is 0 Å². The second kappa shape index (κ2) is 8.74. The molecule has 0 amide bonds. The molecule has 0 atom stereocenters. The Balaban J connectivity index is 2.42. The van der Waals surface area contributed by atoms with Crippen molar-refractivity contribution in [3.63, 3.8) is 0 Å². The van der Waals surface area contributed by atoms with Gasteiger partial charge in [0.05, 0.1) is 0 Å². The van der Waals surface area contributed by atoms with Crippen molar-refractivity contribution in [2.75, 3.05) is 14.1 Å². The summed E-state index contributed by atoms with van der Waals surface area (Å²) in [6.45, 7) is 0. The molecule has 0 heterocycles. The predicted octanol–water partition coefficient (Wildman–Crippen LogP) is 3.16. The van der Waals surface area contributed by atoms with E-state index in [4.69, 9.17) is 24.4 Å². The van der Waals surface area contributed by atoms with Gasteiger partial charge in [0.2, 0.25) is 0 Å². The summed E-state index contributed by atoms with van der Waals surface area (Å²) in [5, 5.41) is 5.91. The lowest BCUT2D eigenvalue weighted by Gasteiger charge is -2.05. The molecule has 1 aromatic rings. The smallest absolute Gasteiger partial charge is 0.133 e.